The molecule has 9 nitrogen and oxygen atoms in total. The van der Waals surface area contributed by atoms with Crippen LogP contribution < -0.4 is 20.8 Å². The first-order chi connectivity index (χ1) is 16.8. The topological polar surface area (TPSA) is 104 Å². The van der Waals surface area contributed by atoms with Gasteiger partial charge < -0.3 is 20.3 Å². The van der Waals surface area contributed by atoms with Crippen molar-refractivity contribution in [3.05, 3.63) is 77.5 Å². The van der Waals surface area contributed by atoms with Crippen LogP contribution >= 0.6 is 11.6 Å². The Morgan fingerprint density at radius 1 is 1.17 bits per heavy atom. The van der Waals surface area contributed by atoms with E-state index in [2.05, 4.69) is 31.1 Å². The molecule has 0 fully saturated rings. The Labute approximate surface area is 209 Å². The molecule has 35 heavy (non-hydrogen) atoms. The lowest BCUT2D eigenvalue weighted by molar-refractivity contribution is -0.111. The fourth-order valence-corrected chi connectivity index (χ4v) is 3.04. The SMILES string of the molecule is COc1ccc(/C(C)=N/Nc2ncc(Cl)c(Nc3cccc(NC(=O)/C=C/CN(C)C)c3)n2)cc1. The monoisotopic (exact) mass is 493 g/mol. The average molecular weight is 494 g/mol. The molecule has 2 aromatic carbocycles. The minimum Gasteiger partial charge on any atom is -0.497 e. The van der Waals surface area contributed by atoms with E-state index in [1.165, 1.54) is 12.3 Å². The fourth-order valence-electron chi connectivity index (χ4n) is 2.91. The largest absolute Gasteiger partial charge is 0.497 e. The van der Waals surface area contributed by atoms with Gasteiger partial charge in [-0.05, 0) is 69.0 Å². The molecule has 1 heterocycles. The number of carbonyl (C=O) groups is 1. The predicted molar refractivity (Wildman–Crippen MR) is 142 cm³/mol. The Hall–Kier alpha value is -3.95. The van der Waals surface area contributed by atoms with Crippen LogP contribution in [0.25, 0.3) is 0 Å². The zero-order valence-corrected chi connectivity index (χ0v) is 20.8. The summed E-state index contributed by atoms with van der Waals surface area (Å²) < 4.78 is 5.18. The summed E-state index contributed by atoms with van der Waals surface area (Å²) in [5.41, 5.74) is 5.88. The number of amides is 1. The Morgan fingerprint density at radius 2 is 1.91 bits per heavy atom. The number of hydrazone groups is 1. The van der Waals surface area contributed by atoms with Gasteiger partial charge in [-0.1, -0.05) is 23.7 Å². The zero-order chi connectivity index (χ0) is 25.2. The number of rotatable bonds is 10. The second-order valence-electron chi connectivity index (χ2n) is 7.79. The lowest BCUT2D eigenvalue weighted by Gasteiger charge is -2.11. The van der Waals surface area contributed by atoms with Crippen molar-refractivity contribution < 1.29 is 9.53 Å². The molecule has 1 amide bonds. The molecule has 0 unspecified atom stereocenters. The summed E-state index contributed by atoms with van der Waals surface area (Å²) in [6, 6.07) is 14.8. The number of nitrogens with one attached hydrogen (secondary N) is 3. The van der Waals surface area contributed by atoms with Crippen molar-refractivity contribution >= 4 is 46.4 Å². The highest BCUT2D eigenvalue weighted by atomic mass is 35.5. The number of aromatic nitrogens is 2. The van der Waals surface area contributed by atoms with Crippen LogP contribution in [0.1, 0.15) is 12.5 Å². The zero-order valence-electron chi connectivity index (χ0n) is 20.0. The predicted octanol–water partition coefficient (Wildman–Crippen LogP) is 4.77. The van der Waals surface area contributed by atoms with Crippen LogP contribution in [-0.2, 0) is 4.79 Å². The van der Waals surface area contributed by atoms with Crippen molar-refractivity contribution in [3.63, 3.8) is 0 Å². The normalized spacial score (nSPS) is 11.5. The molecule has 0 spiro atoms. The van der Waals surface area contributed by atoms with E-state index in [0.29, 0.717) is 28.8 Å². The molecule has 0 bridgehead atoms. The third-order valence-corrected chi connectivity index (χ3v) is 4.98. The fraction of sp³-hybridized carbons (Fsp3) is 0.200. The summed E-state index contributed by atoms with van der Waals surface area (Å²) in [6.45, 7) is 2.56. The quantitative estimate of drug-likeness (QED) is 0.212. The third kappa shape index (κ3) is 8.09. The Bertz CT molecular complexity index is 1210. The van der Waals surface area contributed by atoms with Crippen molar-refractivity contribution in [2.45, 2.75) is 6.92 Å². The molecule has 1 aromatic heterocycles. The molecule has 10 heteroatoms. The minimum absolute atomic E-state index is 0.208. The molecule has 0 saturated carbocycles. The van der Waals surface area contributed by atoms with Gasteiger partial charge in [0.25, 0.3) is 0 Å². The van der Waals surface area contributed by atoms with Crippen LogP contribution in [0.3, 0.4) is 0 Å². The van der Waals surface area contributed by atoms with Crippen LogP contribution in [0.5, 0.6) is 5.75 Å². The molecule has 0 atom stereocenters. The van der Waals surface area contributed by atoms with Gasteiger partial charge in [0.2, 0.25) is 11.9 Å². The van der Waals surface area contributed by atoms with E-state index in [-0.39, 0.29) is 11.9 Å². The van der Waals surface area contributed by atoms with E-state index < -0.39 is 0 Å². The maximum Gasteiger partial charge on any atom is 0.248 e. The van der Waals surface area contributed by atoms with Crippen molar-refractivity contribution in [2.24, 2.45) is 5.10 Å². The maximum absolute atomic E-state index is 12.1. The van der Waals surface area contributed by atoms with Gasteiger partial charge in [-0.15, -0.1) is 0 Å². The maximum atomic E-state index is 12.1. The van der Waals surface area contributed by atoms with Gasteiger partial charge in [-0.25, -0.2) is 10.4 Å². The number of hydrogen-bond donors (Lipinski definition) is 3. The molecule has 0 aliphatic heterocycles. The second-order valence-corrected chi connectivity index (χ2v) is 8.19. The van der Waals surface area contributed by atoms with E-state index in [4.69, 9.17) is 16.3 Å². The van der Waals surface area contributed by atoms with E-state index >= 15 is 0 Å². The molecule has 0 aliphatic carbocycles. The average Bonchev–Trinajstić information content (AvgIpc) is 2.84. The highest BCUT2D eigenvalue weighted by Crippen LogP contribution is 2.25. The van der Waals surface area contributed by atoms with E-state index in [1.54, 1.807) is 25.3 Å². The number of nitrogens with zero attached hydrogens (tertiary/aromatic N) is 4. The molecule has 0 aliphatic rings. The number of benzene rings is 2. The summed E-state index contributed by atoms with van der Waals surface area (Å²) in [5.74, 6) is 1.24. The summed E-state index contributed by atoms with van der Waals surface area (Å²) >= 11 is 6.29. The van der Waals surface area contributed by atoms with Crippen molar-refractivity contribution in [1.29, 1.82) is 0 Å². The molecule has 3 aromatic rings. The Kier molecular flexibility index (Phi) is 9.16. The van der Waals surface area contributed by atoms with Gasteiger partial charge in [0.05, 0.1) is 19.0 Å². The first-order valence-electron chi connectivity index (χ1n) is 10.8. The lowest BCUT2D eigenvalue weighted by atomic mass is 10.1. The minimum atomic E-state index is -0.208. The van der Waals surface area contributed by atoms with E-state index in [0.717, 1.165) is 17.0 Å². The number of carbonyl (C=O) groups excluding carboxylic acids is 1. The number of likely N-dealkylation sites (N-methyl/N-ethyl adjacent to an activating group) is 1. The molecule has 3 rings (SSSR count). The standard InChI is InChI=1S/C25H28ClN7O2/c1-17(18-10-12-21(35-4)13-11-18)31-32-25-27-16-22(26)24(30-25)29-20-8-5-7-19(15-20)28-23(34)9-6-14-33(2)3/h5-13,15-16H,14H2,1-4H3,(H,28,34)(H2,27,29,30,32)/b9-6+,31-17+. The first-order valence-corrected chi connectivity index (χ1v) is 11.2. The van der Waals surface area contributed by atoms with Gasteiger partial charge in [0, 0.05) is 24.0 Å². The van der Waals surface area contributed by atoms with Crippen LogP contribution in [0.4, 0.5) is 23.1 Å². The van der Waals surface area contributed by atoms with Crippen molar-refractivity contribution in [1.82, 2.24) is 14.9 Å². The van der Waals surface area contributed by atoms with Gasteiger partial charge in [0.1, 0.15) is 10.8 Å². The second kappa shape index (κ2) is 12.5. The smallest absolute Gasteiger partial charge is 0.248 e. The molecular weight excluding hydrogens is 466 g/mol. The summed E-state index contributed by atoms with van der Waals surface area (Å²) in [6.07, 6.45) is 4.79. The van der Waals surface area contributed by atoms with Crippen LogP contribution in [-0.4, -0.2) is 54.2 Å². The molecule has 3 N–H and O–H groups in total. The highest BCUT2D eigenvalue weighted by Gasteiger charge is 2.08. The molecular formula is C25H28ClN7O2. The van der Waals surface area contributed by atoms with Crippen molar-refractivity contribution in [2.75, 3.05) is 43.8 Å². The van der Waals surface area contributed by atoms with Gasteiger partial charge in [-0.3, -0.25) is 4.79 Å². The van der Waals surface area contributed by atoms with Crippen LogP contribution in [0.15, 0.2) is 72.0 Å². The number of anilines is 4. The highest BCUT2D eigenvalue weighted by molar-refractivity contribution is 6.32. The van der Waals surface area contributed by atoms with E-state index in [1.807, 2.05) is 62.3 Å². The number of ether oxygens (including phenoxy) is 1. The molecule has 0 saturated heterocycles. The third-order valence-electron chi connectivity index (χ3n) is 4.71. The van der Waals surface area contributed by atoms with Crippen LogP contribution in [0, 0.1) is 0 Å². The lowest BCUT2D eigenvalue weighted by Crippen LogP contribution is -2.13. The van der Waals surface area contributed by atoms with Crippen LogP contribution in [0.2, 0.25) is 5.02 Å². The van der Waals surface area contributed by atoms with Gasteiger partial charge in [-0.2, -0.15) is 10.1 Å². The number of methoxy groups -OCH3 is 1. The van der Waals surface area contributed by atoms with Gasteiger partial charge in [0.15, 0.2) is 5.82 Å². The number of halogens is 1. The van der Waals surface area contributed by atoms with Crippen molar-refractivity contribution in [3.8, 4) is 5.75 Å². The van der Waals surface area contributed by atoms with E-state index in [9.17, 15) is 4.79 Å². The summed E-state index contributed by atoms with van der Waals surface area (Å²) in [7, 11) is 5.49. The van der Waals surface area contributed by atoms with Gasteiger partial charge >= 0.3 is 0 Å². The summed E-state index contributed by atoms with van der Waals surface area (Å²) in [5, 5.41) is 10.7. The molecule has 0 radical (unpaired) electrons. The number of hydrogen-bond acceptors (Lipinski definition) is 8. The Balaban J connectivity index is 1.67. The first kappa shape index (κ1) is 25.7. The molecule has 182 valence electrons. The Morgan fingerprint density at radius 3 is 2.63 bits per heavy atom. The summed E-state index contributed by atoms with van der Waals surface area (Å²) in [4.78, 5) is 22.7.